The number of nitrogens with one attached hydrogen (secondary N) is 1. The van der Waals surface area contributed by atoms with Crippen LogP contribution in [0.15, 0.2) is 73.8 Å². The molecule has 0 bridgehead atoms. The summed E-state index contributed by atoms with van der Waals surface area (Å²) in [5.74, 6) is -0.121. The maximum absolute atomic E-state index is 12.2. The molecule has 3 rings (SSSR count). The molecule has 3 aromatic rings. The van der Waals surface area contributed by atoms with Gasteiger partial charge in [-0.1, -0.05) is 30.3 Å². The Morgan fingerprint density at radius 1 is 1.04 bits per heavy atom. The Morgan fingerprint density at radius 2 is 1.67 bits per heavy atom. The molecule has 122 valence electrons. The van der Waals surface area contributed by atoms with E-state index in [1.807, 2.05) is 51.9 Å². The minimum absolute atomic E-state index is 0.0682. The van der Waals surface area contributed by atoms with Gasteiger partial charge < -0.3 is 14.5 Å². The molecule has 0 saturated carbocycles. The SMILES string of the molecule is O=C(/C=C/c1ccccc1)NC(Cn1ccnc1)Cn1ccnc1. The summed E-state index contributed by atoms with van der Waals surface area (Å²) in [4.78, 5) is 20.3. The molecule has 1 N–H and O–H groups in total. The van der Waals surface area contributed by atoms with Crippen LogP contribution in [0.25, 0.3) is 6.08 Å². The van der Waals surface area contributed by atoms with Gasteiger partial charge in [0.1, 0.15) is 0 Å². The molecule has 0 atom stereocenters. The number of amides is 1. The lowest BCUT2D eigenvalue weighted by Gasteiger charge is -2.19. The van der Waals surface area contributed by atoms with E-state index in [0.717, 1.165) is 5.56 Å². The van der Waals surface area contributed by atoms with Gasteiger partial charge >= 0.3 is 0 Å². The lowest BCUT2D eigenvalue weighted by atomic mass is 10.2. The largest absolute Gasteiger partial charge is 0.346 e. The second-order valence-corrected chi connectivity index (χ2v) is 5.47. The van der Waals surface area contributed by atoms with E-state index in [4.69, 9.17) is 0 Å². The average molecular weight is 321 g/mol. The minimum atomic E-state index is -0.121. The Hall–Kier alpha value is -3.15. The lowest BCUT2D eigenvalue weighted by molar-refractivity contribution is -0.117. The molecular weight excluding hydrogens is 302 g/mol. The van der Waals surface area contributed by atoms with Crippen LogP contribution < -0.4 is 5.32 Å². The zero-order valence-electron chi connectivity index (χ0n) is 13.2. The van der Waals surface area contributed by atoms with E-state index >= 15 is 0 Å². The second kappa shape index (κ2) is 7.92. The van der Waals surface area contributed by atoms with Gasteiger partial charge in [-0.05, 0) is 11.6 Å². The molecule has 0 spiro atoms. The molecule has 2 aromatic heterocycles. The van der Waals surface area contributed by atoms with Crippen molar-refractivity contribution in [2.45, 2.75) is 19.1 Å². The van der Waals surface area contributed by atoms with Crippen molar-refractivity contribution in [2.24, 2.45) is 0 Å². The van der Waals surface area contributed by atoms with Crippen molar-refractivity contribution in [3.63, 3.8) is 0 Å². The molecule has 0 aliphatic heterocycles. The van der Waals surface area contributed by atoms with E-state index in [2.05, 4.69) is 15.3 Å². The van der Waals surface area contributed by atoms with E-state index in [9.17, 15) is 4.79 Å². The topological polar surface area (TPSA) is 64.7 Å². The van der Waals surface area contributed by atoms with Crippen LogP contribution in [0.3, 0.4) is 0 Å². The smallest absolute Gasteiger partial charge is 0.244 e. The first-order valence-corrected chi connectivity index (χ1v) is 7.75. The predicted molar refractivity (Wildman–Crippen MR) is 91.9 cm³/mol. The summed E-state index contributed by atoms with van der Waals surface area (Å²) >= 11 is 0. The Labute approximate surface area is 140 Å². The molecular formula is C18H19N5O. The number of imidazole rings is 2. The Balaban J connectivity index is 1.63. The Kier molecular flexibility index (Phi) is 5.19. The van der Waals surface area contributed by atoms with Crippen molar-refractivity contribution in [3.8, 4) is 0 Å². The number of carbonyl (C=O) groups excluding carboxylic acids is 1. The standard InChI is InChI=1S/C18H19N5O/c24-18(7-6-16-4-2-1-3-5-16)21-17(12-22-10-8-19-14-22)13-23-11-9-20-15-23/h1-11,14-15,17H,12-13H2,(H,21,24)/b7-6+. The maximum atomic E-state index is 12.2. The van der Waals surface area contributed by atoms with E-state index in [-0.39, 0.29) is 11.9 Å². The van der Waals surface area contributed by atoms with Crippen LogP contribution in [0.1, 0.15) is 5.56 Å². The van der Waals surface area contributed by atoms with Crippen molar-refractivity contribution in [3.05, 3.63) is 79.4 Å². The zero-order chi connectivity index (χ0) is 16.6. The number of benzene rings is 1. The molecule has 0 fully saturated rings. The molecule has 24 heavy (non-hydrogen) atoms. The number of hydrogen-bond acceptors (Lipinski definition) is 3. The fraction of sp³-hybridized carbons (Fsp3) is 0.167. The van der Waals surface area contributed by atoms with Crippen LogP contribution in [0.5, 0.6) is 0 Å². The van der Waals surface area contributed by atoms with Crippen molar-refractivity contribution in [2.75, 3.05) is 0 Å². The highest BCUT2D eigenvalue weighted by Gasteiger charge is 2.12. The Morgan fingerprint density at radius 3 is 2.21 bits per heavy atom. The molecule has 1 amide bonds. The monoisotopic (exact) mass is 321 g/mol. The summed E-state index contributed by atoms with van der Waals surface area (Å²) in [6.07, 6.45) is 14.1. The van der Waals surface area contributed by atoms with Crippen molar-refractivity contribution >= 4 is 12.0 Å². The van der Waals surface area contributed by atoms with E-state index in [1.165, 1.54) is 0 Å². The summed E-state index contributed by atoms with van der Waals surface area (Å²) < 4.78 is 3.89. The quantitative estimate of drug-likeness (QED) is 0.677. The molecule has 0 unspecified atom stereocenters. The van der Waals surface area contributed by atoms with Gasteiger partial charge in [-0.2, -0.15) is 0 Å². The zero-order valence-corrected chi connectivity index (χ0v) is 13.2. The van der Waals surface area contributed by atoms with Crippen LogP contribution in [-0.4, -0.2) is 31.1 Å². The predicted octanol–water partition coefficient (Wildman–Crippen LogP) is 1.98. The van der Waals surface area contributed by atoms with Crippen LogP contribution in [0.2, 0.25) is 0 Å². The molecule has 1 aromatic carbocycles. The molecule has 6 nitrogen and oxygen atoms in total. The van der Waals surface area contributed by atoms with E-state index in [1.54, 1.807) is 37.2 Å². The van der Waals surface area contributed by atoms with Crippen molar-refractivity contribution in [1.29, 1.82) is 0 Å². The van der Waals surface area contributed by atoms with E-state index in [0.29, 0.717) is 13.1 Å². The van der Waals surface area contributed by atoms with Gasteiger partial charge in [-0.15, -0.1) is 0 Å². The third-order valence-corrected chi connectivity index (χ3v) is 3.55. The first-order valence-electron chi connectivity index (χ1n) is 7.75. The summed E-state index contributed by atoms with van der Waals surface area (Å²) in [6, 6.07) is 9.68. The fourth-order valence-corrected chi connectivity index (χ4v) is 2.43. The molecule has 2 heterocycles. The highest BCUT2D eigenvalue weighted by molar-refractivity contribution is 5.91. The first-order chi connectivity index (χ1) is 11.8. The fourth-order valence-electron chi connectivity index (χ4n) is 2.43. The first kappa shape index (κ1) is 15.7. The van der Waals surface area contributed by atoms with Gasteiger partial charge in [-0.3, -0.25) is 4.79 Å². The number of carbonyl (C=O) groups is 1. The third kappa shape index (κ3) is 4.67. The average Bonchev–Trinajstić information content (AvgIpc) is 3.28. The van der Waals surface area contributed by atoms with Crippen molar-refractivity contribution < 1.29 is 4.79 Å². The molecule has 0 saturated heterocycles. The molecule has 0 aliphatic rings. The number of hydrogen-bond donors (Lipinski definition) is 1. The van der Waals surface area contributed by atoms with Crippen LogP contribution >= 0.6 is 0 Å². The number of rotatable bonds is 7. The number of aromatic nitrogens is 4. The van der Waals surface area contributed by atoms with Crippen LogP contribution in [-0.2, 0) is 17.9 Å². The van der Waals surface area contributed by atoms with Gasteiger partial charge in [0.05, 0.1) is 18.7 Å². The van der Waals surface area contributed by atoms with Crippen LogP contribution in [0, 0.1) is 0 Å². The lowest BCUT2D eigenvalue weighted by Crippen LogP contribution is -2.39. The highest BCUT2D eigenvalue weighted by Crippen LogP contribution is 2.02. The minimum Gasteiger partial charge on any atom is -0.346 e. The van der Waals surface area contributed by atoms with Gasteiger partial charge in [0.2, 0.25) is 5.91 Å². The molecule has 0 aliphatic carbocycles. The normalized spacial score (nSPS) is 11.2. The number of nitrogens with zero attached hydrogens (tertiary/aromatic N) is 4. The summed E-state index contributed by atoms with van der Waals surface area (Å²) in [5, 5.41) is 3.04. The van der Waals surface area contributed by atoms with Crippen LogP contribution in [0.4, 0.5) is 0 Å². The summed E-state index contributed by atoms with van der Waals surface area (Å²) in [5.41, 5.74) is 0.994. The highest BCUT2D eigenvalue weighted by atomic mass is 16.1. The third-order valence-electron chi connectivity index (χ3n) is 3.55. The molecule has 0 radical (unpaired) electrons. The van der Waals surface area contributed by atoms with Crippen molar-refractivity contribution in [1.82, 2.24) is 24.4 Å². The molecule has 6 heteroatoms. The maximum Gasteiger partial charge on any atom is 0.244 e. The summed E-state index contributed by atoms with van der Waals surface area (Å²) in [6.45, 7) is 1.28. The second-order valence-electron chi connectivity index (χ2n) is 5.47. The van der Waals surface area contributed by atoms with Gasteiger partial charge in [0.15, 0.2) is 0 Å². The van der Waals surface area contributed by atoms with Gasteiger partial charge in [0, 0.05) is 44.0 Å². The van der Waals surface area contributed by atoms with E-state index < -0.39 is 0 Å². The van der Waals surface area contributed by atoms with Gasteiger partial charge in [0.25, 0.3) is 0 Å². The Bertz CT molecular complexity index is 727. The van der Waals surface area contributed by atoms with Gasteiger partial charge in [-0.25, -0.2) is 9.97 Å². The summed E-state index contributed by atoms with van der Waals surface area (Å²) in [7, 11) is 0.